The highest BCUT2D eigenvalue weighted by molar-refractivity contribution is 5.73. The van der Waals surface area contributed by atoms with Gasteiger partial charge in [0.15, 0.2) is 0 Å². The number of azide groups is 1. The van der Waals surface area contributed by atoms with Crippen molar-refractivity contribution in [1.82, 2.24) is 5.32 Å². The van der Waals surface area contributed by atoms with E-state index < -0.39 is 23.7 Å². The predicted octanol–water partition coefficient (Wildman–Crippen LogP) is 1.66. The smallest absolute Gasteiger partial charge is 0.407 e. The number of carboxylic acids is 1. The van der Waals surface area contributed by atoms with Crippen molar-refractivity contribution >= 4 is 12.1 Å². The van der Waals surface area contributed by atoms with E-state index >= 15 is 0 Å². The number of alkyl carbamates (subject to hydrolysis) is 1. The summed E-state index contributed by atoms with van der Waals surface area (Å²) in [5, 5.41) is 14.1. The zero-order valence-corrected chi connectivity index (χ0v) is 10.0. The first-order valence-corrected chi connectivity index (χ1v) is 5.00. The molecule has 0 aliphatic heterocycles. The van der Waals surface area contributed by atoms with E-state index in [1.807, 2.05) is 0 Å². The standard InChI is InChI=1S/C9H16N4O4/c1-9(2,3)17-8(16)11-5-4-6(7(14)15)12-13-10/h6H,4-5H2,1-3H3,(H,11,16)(H,14,15)/t6-/m0/s1. The molecule has 0 aliphatic carbocycles. The summed E-state index contributed by atoms with van der Waals surface area (Å²) in [6, 6.07) is -1.19. The summed E-state index contributed by atoms with van der Waals surface area (Å²) < 4.78 is 4.94. The summed E-state index contributed by atoms with van der Waals surface area (Å²) in [6.07, 6.45) is -0.624. The van der Waals surface area contributed by atoms with Crippen LogP contribution in [0.3, 0.4) is 0 Å². The van der Waals surface area contributed by atoms with Gasteiger partial charge < -0.3 is 15.2 Å². The number of carboxylic acid groups (broad SMARTS) is 1. The molecule has 96 valence electrons. The summed E-state index contributed by atoms with van der Waals surface area (Å²) >= 11 is 0. The average molecular weight is 244 g/mol. The molecule has 0 aliphatic rings. The van der Waals surface area contributed by atoms with Gasteiger partial charge in [0.25, 0.3) is 0 Å². The molecule has 0 aromatic rings. The number of aliphatic carboxylic acids is 1. The molecule has 0 saturated carbocycles. The van der Waals surface area contributed by atoms with E-state index in [1.165, 1.54) is 0 Å². The largest absolute Gasteiger partial charge is 0.481 e. The number of rotatable bonds is 5. The number of nitrogens with one attached hydrogen (secondary N) is 1. The Morgan fingerprint density at radius 2 is 2.12 bits per heavy atom. The predicted molar refractivity (Wildman–Crippen MR) is 59.4 cm³/mol. The second kappa shape index (κ2) is 6.59. The van der Waals surface area contributed by atoms with Crippen LogP contribution in [0, 0.1) is 0 Å². The second-order valence-corrected chi connectivity index (χ2v) is 4.28. The van der Waals surface area contributed by atoms with Crippen molar-refractivity contribution in [2.24, 2.45) is 5.11 Å². The van der Waals surface area contributed by atoms with Crippen LogP contribution in [0.15, 0.2) is 5.11 Å². The summed E-state index contributed by atoms with van der Waals surface area (Å²) in [7, 11) is 0. The van der Waals surface area contributed by atoms with Gasteiger partial charge in [0, 0.05) is 11.5 Å². The minimum absolute atomic E-state index is 0.0125. The van der Waals surface area contributed by atoms with Crippen molar-refractivity contribution < 1.29 is 19.4 Å². The monoisotopic (exact) mass is 244 g/mol. The number of carbonyl (C=O) groups is 2. The highest BCUT2D eigenvalue weighted by Crippen LogP contribution is 2.06. The summed E-state index contributed by atoms with van der Waals surface area (Å²) in [4.78, 5) is 24.2. The molecule has 0 radical (unpaired) electrons. The van der Waals surface area contributed by atoms with Gasteiger partial charge in [0.1, 0.15) is 11.6 Å². The SMILES string of the molecule is CC(C)(C)OC(=O)NCC[C@H](N=[N+]=[N-])C(=O)O. The van der Waals surface area contributed by atoms with E-state index in [1.54, 1.807) is 20.8 Å². The van der Waals surface area contributed by atoms with E-state index in [9.17, 15) is 9.59 Å². The molecule has 0 bridgehead atoms. The highest BCUT2D eigenvalue weighted by atomic mass is 16.6. The van der Waals surface area contributed by atoms with Crippen molar-refractivity contribution in [2.45, 2.75) is 38.8 Å². The molecule has 0 spiro atoms. The third-order valence-corrected chi connectivity index (χ3v) is 1.56. The van der Waals surface area contributed by atoms with Gasteiger partial charge in [-0.05, 0) is 32.7 Å². The minimum Gasteiger partial charge on any atom is -0.481 e. The number of amides is 1. The van der Waals surface area contributed by atoms with Gasteiger partial charge in [-0.15, -0.1) is 0 Å². The van der Waals surface area contributed by atoms with Crippen LogP contribution in [-0.4, -0.2) is 35.4 Å². The van der Waals surface area contributed by atoms with Crippen LogP contribution in [-0.2, 0) is 9.53 Å². The Balaban J connectivity index is 4.01. The lowest BCUT2D eigenvalue weighted by Crippen LogP contribution is -2.34. The van der Waals surface area contributed by atoms with Gasteiger partial charge in [-0.25, -0.2) is 4.79 Å². The lowest BCUT2D eigenvalue weighted by Gasteiger charge is -2.19. The molecule has 0 aromatic heterocycles. The van der Waals surface area contributed by atoms with Crippen molar-refractivity contribution in [3.05, 3.63) is 10.4 Å². The summed E-state index contributed by atoms with van der Waals surface area (Å²) in [5.41, 5.74) is 7.52. The van der Waals surface area contributed by atoms with Crippen LogP contribution < -0.4 is 5.32 Å². The number of nitrogens with zero attached hydrogens (tertiary/aromatic N) is 3. The molecule has 0 unspecified atom stereocenters. The van der Waals surface area contributed by atoms with Gasteiger partial charge in [-0.2, -0.15) is 0 Å². The average Bonchev–Trinajstić information content (AvgIpc) is 2.13. The molecule has 0 heterocycles. The van der Waals surface area contributed by atoms with Crippen LogP contribution >= 0.6 is 0 Å². The molecule has 2 N–H and O–H groups in total. The van der Waals surface area contributed by atoms with Gasteiger partial charge in [0.2, 0.25) is 0 Å². The van der Waals surface area contributed by atoms with Crippen molar-refractivity contribution in [1.29, 1.82) is 0 Å². The molecular weight excluding hydrogens is 228 g/mol. The van der Waals surface area contributed by atoms with Gasteiger partial charge in [-0.3, -0.25) is 4.79 Å². The fourth-order valence-corrected chi connectivity index (χ4v) is 0.918. The summed E-state index contributed by atoms with van der Waals surface area (Å²) in [6.45, 7) is 5.21. The molecule has 17 heavy (non-hydrogen) atoms. The van der Waals surface area contributed by atoms with Crippen LogP contribution in [0.2, 0.25) is 0 Å². The molecule has 8 heteroatoms. The molecule has 0 saturated heterocycles. The molecule has 0 fully saturated rings. The van der Waals surface area contributed by atoms with Crippen molar-refractivity contribution in [3.8, 4) is 0 Å². The van der Waals surface area contributed by atoms with Crippen molar-refractivity contribution in [2.75, 3.05) is 6.54 Å². The number of hydrogen-bond donors (Lipinski definition) is 2. The maximum absolute atomic E-state index is 11.2. The first-order chi connectivity index (χ1) is 7.76. The Kier molecular flexibility index (Phi) is 5.84. The zero-order chi connectivity index (χ0) is 13.5. The van der Waals surface area contributed by atoms with E-state index in [0.29, 0.717) is 0 Å². The Morgan fingerprint density at radius 3 is 2.53 bits per heavy atom. The first kappa shape index (κ1) is 15.0. The molecular formula is C9H16N4O4. The fraction of sp³-hybridized carbons (Fsp3) is 0.778. The van der Waals surface area contributed by atoms with Crippen LogP contribution in [0.5, 0.6) is 0 Å². The van der Waals surface area contributed by atoms with E-state index in [4.69, 9.17) is 15.4 Å². The normalized spacial score (nSPS) is 12.2. The minimum atomic E-state index is -1.23. The first-order valence-electron chi connectivity index (χ1n) is 5.00. The third-order valence-electron chi connectivity index (χ3n) is 1.56. The molecule has 0 aromatic carbocycles. The lowest BCUT2D eigenvalue weighted by atomic mass is 10.2. The fourth-order valence-electron chi connectivity index (χ4n) is 0.918. The summed E-state index contributed by atoms with van der Waals surface area (Å²) in [5.74, 6) is -1.23. The van der Waals surface area contributed by atoms with Gasteiger partial charge in [-0.1, -0.05) is 5.11 Å². The van der Waals surface area contributed by atoms with Gasteiger partial charge >= 0.3 is 12.1 Å². The molecule has 8 nitrogen and oxygen atoms in total. The topological polar surface area (TPSA) is 124 Å². The van der Waals surface area contributed by atoms with Crippen LogP contribution in [0.25, 0.3) is 10.4 Å². The maximum atomic E-state index is 11.2. The Bertz CT molecular complexity index is 328. The number of hydrogen-bond acceptors (Lipinski definition) is 4. The Labute approximate surface area is 98.6 Å². The quantitative estimate of drug-likeness (QED) is 0.433. The van der Waals surface area contributed by atoms with Gasteiger partial charge in [0.05, 0.1) is 0 Å². The van der Waals surface area contributed by atoms with E-state index in [0.717, 1.165) is 0 Å². The van der Waals surface area contributed by atoms with Crippen LogP contribution in [0.4, 0.5) is 4.79 Å². The lowest BCUT2D eigenvalue weighted by molar-refractivity contribution is -0.138. The zero-order valence-electron chi connectivity index (χ0n) is 10.0. The Morgan fingerprint density at radius 1 is 1.53 bits per heavy atom. The number of ether oxygens (including phenoxy) is 1. The Hall–Kier alpha value is -1.95. The van der Waals surface area contributed by atoms with E-state index in [-0.39, 0.29) is 13.0 Å². The second-order valence-electron chi connectivity index (χ2n) is 4.28. The molecule has 0 rings (SSSR count). The third kappa shape index (κ3) is 7.92. The van der Waals surface area contributed by atoms with Crippen LogP contribution in [0.1, 0.15) is 27.2 Å². The highest BCUT2D eigenvalue weighted by Gasteiger charge is 2.18. The van der Waals surface area contributed by atoms with Crippen molar-refractivity contribution in [3.63, 3.8) is 0 Å². The molecule has 1 atom stereocenters. The number of carbonyl (C=O) groups excluding carboxylic acids is 1. The van der Waals surface area contributed by atoms with E-state index in [2.05, 4.69) is 15.3 Å². The maximum Gasteiger partial charge on any atom is 0.407 e. The molecule has 1 amide bonds.